The standard InChI is InChI=1S/C16H12FN3O2/c17-12-4-1-3-11(7-12)8-20-9-18-13-5-2-6-14(19-10-21)15(13)16(20)22/h1-7,9-10H,8H2,(H,19,21). The molecule has 0 aliphatic heterocycles. The third kappa shape index (κ3) is 2.58. The topological polar surface area (TPSA) is 64.0 Å². The number of hydrogen-bond donors (Lipinski definition) is 1. The number of rotatable bonds is 4. The first kappa shape index (κ1) is 13.9. The molecule has 1 heterocycles. The highest BCUT2D eigenvalue weighted by atomic mass is 19.1. The molecule has 110 valence electrons. The summed E-state index contributed by atoms with van der Waals surface area (Å²) in [7, 11) is 0. The summed E-state index contributed by atoms with van der Waals surface area (Å²) in [4.78, 5) is 27.5. The molecule has 3 aromatic rings. The summed E-state index contributed by atoms with van der Waals surface area (Å²) in [5.41, 5.74) is 1.26. The fourth-order valence-corrected chi connectivity index (χ4v) is 2.33. The summed E-state index contributed by atoms with van der Waals surface area (Å²) in [6.45, 7) is 0.203. The molecule has 6 heteroatoms. The average Bonchev–Trinajstić information content (AvgIpc) is 2.51. The van der Waals surface area contributed by atoms with Crippen molar-refractivity contribution in [3.05, 3.63) is 70.5 Å². The average molecular weight is 297 g/mol. The van der Waals surface area contributed by atoms with Gasteiger partial charge in [0.15, 0.2) is 0 Å². The highest BCUT2D eigenvalue weighted by Gasteiger charge is 2.09. The molecule has 3 rings (SSSR count). The molecule has 2 aromatic carbocycles. The van der Waals surface area contributed by atoms with Gasteiger partial charge in [0.05, 0.1) is 29.5 Å². The minimum Gasteiger partial charge on any atom is -0.328 e. The number of fused-ring (bicyclic) bond motifs is 1. The van der Waals surface area contributed by atoms with Crippen LogP contribution in [0.15, 0.2) is 53.6 Å². The molecular weight excluding hydrogens is 285 g/mol. The zero-order valence-corrected chi connectivity index (χ0v) is 11.5. The van der Waals surface area contributed by atoms with E-state index in [1.54, 1.807) is 30.3 Å². The van der Waals surface area contributed by atoms with Crippen molar-refractivity contribution in [2.75, 3.05) is 5.32 Å². The van der Waals surface area contributed by atoms with Gasteiger partial charge in [0.25, 0.3) is 5.56 Å². The quantitative estimate of drug-likeness (QED) is 0.750. The molecule has 0 saturated carbocycles. The normalized spacial score (nSPS) is 10.6. The summed E-state index contributed by atoms with van der Waals surface area (Å²) < 4.78 is 14.6. The molecule has 0 spiro atoms. The molecule has 0 radical (unpaired) electrons. The van der Waals surface area contributed by atoms with Gasteiger partial charge in [-0.2, -0.15) is 0 Å². The van der Waals surface area contributed by atoms with Crippen LogP contribution in [0.2, 0.25) is 0 Å². The van der Waals surface area contributed by atoms with Gasteiger partial charge in [-0.15, -0.1) is 0 Å². The second-order valence-corrected chi connectivity index (χ2v) is 4.77. The van der Waals surface area contributed by atoms with E-state index < -0.39 is 0 Å². The van der Waals surface area contributed by atoms with Crippen molar-refractivity contribution in [1.29, 1.82) is 0 Å². The fraction of sp³-hybridized carbons (Fsp3) is 0.0625. The van der Waals surface area contributed by atoms with E-state index in [0.717, 1.165) is 0 Å². The van der Waals surface area contributed by atoms with Crippen LogP contribution in [-0.2, 0) is 11.3 Å². The molecular formula is C16H12FN3O2. The molecule has 0 saturated heterocycles. The van der Waals surface area contributed by atoms with E-state index in [0.29, 0.717) is 28.6 Å². The molecule has 0 aliphatic carbocycles. The third-order valence-electron chi connectivity index (χ3n) is 3.31. The minimum atomic E-state index is -0.359. The first-order valence-electron chi connectivity index (χ1n) is 6.62. The van der Waals surface area contributed by atoms with Crippen molar-refractivity contribution in [1.82, 2.24) is 9.55 Å². The lowest BCUT2D eigenvalue weighted by Gasteiger charge is -2.09. The second kappa shape index (κ2) is 5.77. The summed E-state index contributed by atoms with van der Waals surface area (Å²) in [6.07, 6.45) is 1.93. The van der Waals surface area contributed by atoms with Crippen LogP contribution in [0.3, 0.4) is 0 Å². The third-order valence-corrected chi connectivity index (χ3v) is 3.31. The monoisotopic (exact) mass is 297 g/mol. The molecule has 0 bridgehead atoms. The van der Waals surface area contributed by atoms with E-state index in [2.05, 4.69) is 10.3 Å². The lowest BCUT2D eigenvalue weighted by atomic mass is 10.2. The Morgan fingerprint density at radius 2 is 2.05 bits per heavy atom. The van der Waals surface area contributed by atoms with Gasteiger partial charge in [-0.25, -0.2) is 9.37 Å². The van der Waals surface area contributed by atoms with Crippen LogP contribution in [-0.4, -0.2) is 16.0 Å². The Balaban J connectivity index is 2.11. The number of aromatic nitrogens is 2. The Kier molecular flexibility index (Phi) is 3.65. The maximum atomic E-state index is 13.2. The van der Waals surface area contributed by atoms with Crippen LogP contribution in [0.5, 0.6) is 0 Å². The van der Waals surface area contributed by atoms with Crippen LogP contribution in [0.4, 0.5) is 10.1 Å². The van der Waals surface area contributed by atoms with Gasteiger partial charge in [-0.05, 0) is 29.8 Å². The van der Waals surface area contributed by atoms with Crippen molar-refractivity contribution < 1.29 is 9.18 Å². The van der Waals surface area contributed by atoms with Crippen LogP contribution >= 0.6 is 0 Å². The molecule has 0 fully saturated rings. The van der Waals surface area contributed by atoms with Gasteiger partial charge in [-0.1, -0.05) is 18.2 Å². The Morgan fingerprint density at radius 1 is 1.23 bits per heavy atom. The molecule has 0 unspecified atom stereocenters. The number of anilines is 1. The number of carbonyl (C=O) groups excluding carboxylic acids is 1. The smallest absolute Gasteiger partial charge is 0.263 e. The first-order valence-corrected chi connectivity index (χ1v) is 6.62. The van der Waals surface area contributed by atoms with Gasteiger partial charge in [0.2, 0.25) is 6.41 Å². The SMILES string of the molecule is O=CNc1cccc2ncn(Cc3cccc(F)c3)c(=O)c12. The lowest BCUT2D eigenvalue weighted by Crippen LogP contribution is -2.22. The number of benzene rings is 2. The van der Waals surface area contributed by atoms with E-state index in [4.69, 9.17) is 0 Å². The summed E-state index contributed by atoms with van der Waals surface area (Å²) in [6, 6.07) is 11.1. The number of halogens is 1. The van der Waals surface area contributed by atoms with Crippen molar-refractivity contribution in [2.45, 2.75) is 6.54 Å². The van der Waals surface area contributed by atoms with Crippen LogP contribution in [0, 0.1) is 5.82 Å². The predicted molar refractivity (Wildman–Crippen MR) is 81.2 cm³/mol. The maximum absolute atomic E-state index is 13.2. The lowest BCUT2D eigenvalue weighted by molar-refractivity contribution is -0.105. The summed E-state index contributed by atoms with van der Waals surface area (Å²) in [5.74, 6) is -0.359. The van der Waals surface area contributed by atoms with E-state index in [1.807, 2.05) is 0 Å². The van der Waals surface area contributed by atoms with Crippen molar-refractivity contribution >= 4 is 23.0 Å². The Morgan fingerprint density at radius 3 is 2.82 bits per heavy atom. The minimum absolute atomic E-state index is 0.203. The van der Waals surface area contributed by atoms with Gasteiger partial charge in [-0.3, -0.25) is 14.2 Å². The fourth-order valence-electron chi connectivity index (χ4n) is 2.33. The van der Waals surface area contributed by atoms with E-state index in [-0.39, 0.29) is 17.9 Å². The molecule has 22 heavy (non-hydrogen) atoms. The zero-order chi connectivity index (χ0) is 15.5. The van der Waals surface area contributed by atoms with Gasteiger partial charge in [0.1, 0.15) is 5.82 Å². The number of carbonyl (C=O) groups is 1. The zero-order valence-electron chi connectivity index (χ0n) is 11.5. The molecule has 5 nitrogen and oxygen atoms in total. The van der Waals surface area contributed by atoms with Gasteiger partial charge in [0, 0.05) is 0 Å². The molecule has 1 N–H and O–H groups in total. The van der Waals surface area contributed by atoms with Crippen LogP contribution in [0.1, 0.15) is 5.56 Å². The van der Waals surface area contributed by atoms with E-state index in [1.165, 1.54) is 23.0 Å². The molecule has 0 aliphatic rings. The number of nitrogens with one attached hydrogen (secondary N) is 1. The van der Waals surface area contributed by atoms with E-state index in [9.17, 15) is 14.0 Å². The Bertz CT molecular complexity index is 905. The van der Waals surface area contributed by atoms with Crippen LogP contribution in [0.25, 0.3) is 10.9 Å². The highest BCUT2D eigenvalue weighted by Crippen LogP contribution is 2.17. The number of amides is 1. The van der Waals surface area contributed by atoms with Crippen molar-refractivity contribution in [3.63, 3.8) is 0 Å². The highest BCUT2D eigenvalue weighted by molar-refractivity contribution is 5.94. The van der Waals surface area contributed by atoms with Crippen molar-refractivity contribution in [3.8, 4) is 0 Å². The Labute approximate surface area is 125 Å². The molecule has 1 amide bonds. The second-order valence-electron chi connectivity index (χ2n) is 4.77. The number of nitrogens with zero attached hydrogens (tertiary/aromatic N) is 2. The largest absolute Gasteiger partial charge is 0.328 e. The maximum Gasteiger partial charge on any atom is 0.263 e. The van der Waals surface area contributed by atoms with Crippen molar-refractivity contribution in [2.24, 2.45) is 0 Å². The predicted octanol–water partition coefficient (Wildman–Crippen LogP) is 2.15. The summed E-state index contributed by atoms with van der Waals surface area (Å²) in [5, 5.41) is 2.82. The molecule has 1 aromatic heterocycles. The molecule has 0 atom stereocenters. The number of hydrogen-bond acceptors (Lipinski definition) is 3. The first-order chi connectivity index (χ1) is 10.7. The van der Waals surface area contributed by atoms with Crippen LogP contribution < -0.4 is 10.9 Å². The van der Waals surface area contributed by atoms with Gasteiger partial charge < -0.3 is 5.32 Å². The van der Waals surface area contributed by atoms with E-state index >= 15 is 0 Å². The Hall–Kier alpha value is -3.02. The summed E-state index contributed by atoms with van der Waals surface area (Å²) >= 11 is 0. The van der Waals surface area contributed by atoms with Gasteiger partial charge >= 0.3 is 0 Å².